The summed E-state index contributed by atoms with van der Waals surface area (Å²) in [6.45, 7) is 23.4. The van der Waals surface area contributed by atoms with Gasteiger partial charge in [-0.3, -0.25) is 0 Å². The van der Waals surface area contributed by atoms with Crippen molar-refractivity contribution in [2.45, 2.75) is 91.7 Å². The number of rotatable bonds is 5. The van der Waals surface area contributed by atoms with E-state index in [0.29, 0.717) is 0 Å². The van der Waals surface area contributed by atoms with E-state index in [4.69, 9.17) is 4.74 Å². The van der Waals surface area contributed by atoms with E-state index in [1.165, 1.54) is 77.5 Å². The summed E-state index contributed by atoms with van der Waals surface area (Å²) in [5, 5.41) is 1.53. The van der Waals surface area contributed by atoms with Crippen LogP contribution in [-0.4, -0.2) is 15.9 Å². The molecule has 1 atom stereocenters. The molecule has 0 amide bonds. The second-order valence-electron chi connectivity index (χ2n) is 15.5. The average molecular weight is 610 g/mol. The van der Waals surface area contributed by atoms with Gasteiger partial charge in [0.05, 0.1) is 15.9 Å². The number of hydrogen-bond acceptors (Lipinski definition) is 1. The molecule has 231 valence electrons. The number of methoxy groups -OCH3 is 1. The van der Waals surface area contributed by atoms with Crippen molar-refractivity contribution in [1.29, 1.82) is 0 Å². The van der Waals surface area contributed by atoms with Gasteiger partial charge in [-0.15, -0.1) is 0 Å². The monoisotopic (exact) mass is 609 g/mol. The van der Waals surface area contributed by atoms with E-state index >= 15 is 0 Å². The third kappa shape index (κ3) is 5.36. The van der Waals surface area contributed by atoms with E-state index in [-0.39, 0.29) is 16.7 Å². The standard InChI is InChI=1S/C43H49OSi/c1-26-23-30-19-22-35(45(10)11)39(29-17-20-31(21-18-29)42(3,4)5)40(30)37(26)36-27(2)24-32-33(36)25-34(43(6,7)8)41(44-9)38(32)28-15-13-12-14-16-28/h12-22,24-25,36H,23H2,1-11H3. The van der Waals surface area contributed by atoms with Crippen molar-refractivity contribution in [1.82, 2.24) is 0 Å². The molecule has 45 heavy (non-hydrogen) atoms. The van der Waals surface area contributed by atoms with Crippen LogP contribution < -0.4 is 9.92 Å². The maximum absolute atomic E-state index is 6.27. The molecule has 2 aliphatic carbocycles. The molecule has 4 aromatic carbocycles. The minimum atomic E-state index is -0.715. The van der Waals surface area contributed by atoms with Crippen LogP contribution in [-0.2, 0) is 17.3 Å². The normalized spacial score (nSPS) is 16.3. The predicted molar refractivity (Wildman–Crippen MR) is 198 cm³/mol. The second-order valence-corrected chi connectivity index (χ2v) is 18.0. The summed E-state index contributed by atoms with van der Waals surface area (Å²) < 4.78 is 6.27. The van der Waals surface area contributed by atoms with Gasteiger partial charge in [-0.1, -0.05) is 144 Å². The molecule has 2 heteroatoms. The van der Waals surface area contributed by atoms with Crippen LogP contribution in [0.2, 0.25) is 13.1 Å². The van der Waals surface area contributed by atoms with Crippen molar-refractivity contribution in [3.63, 3.8) is 0 Å². The number of ether oxygens (including phenoxy) is 1. The van der Waals surface area contributed by atoms with E-state index < -0.39 is 8.80 Å². The van der Waals surface area contributed by atoms with Gasteiger partial charge in [0.15, 0.2) is 0 Å². The highest BCUT2D eigenvalue weighted by molar-refractivity contribution is 6.72. The molecule has 0 saturated carbocycles. The first-order chi connectivity index (χ1) is 21.2. The van der Waals surface area contributed by atoms with Crippen LogP contribution in [0.15, 0.2) is 83.9 Å². The SMILES string of the molecule is COc1c(C(C)(C)C)cc2c(c1-c1ccccc1)C=C(C)C2C1=C(C)Cc2ccc([Si](C)C)c(-c3ccc(C(C)(C)C)cc3)c21. The van der Waals surface area contributed by atoms with E-state index in [1.54, 1.807) is 0 Å². The van der Waals surface area contributed by atoms with Gasteiger partial charge < -0.3 is 4.74 Å². The van der Waals surface area contributed by atoms with Crippen molar-refractivity contribution >= 4 is 25.6 Å². The molecule has 0 aliphatic heterocycles. The smallest absolute Gasteiger partial charge is 0.131 e. The molecule has 0 fully saturated rings. The molecule has 0 bridgehead atoms. The maximum atomic E-state index is 6.27. The van der Waals surface area contributed by atoms with Gasteiger partial charge in [0.2, 0.25) is 0 Å². The Kier molecular flexibility index (Phi) is 7.89. The first-order valence-electron chi connectivity index (χ1n) is 16.5. The van der Waals surface area contributed by atoms with Crippen LogP contribution in [0.4, 0.5) is 0 Å². The fourth-order valence-electron chi connectivity index (χ4n) is 7.63. The third-order valence-electron chi connectivity index (χ3n) is 9.91. The van der Waals surface area contributed by atoms with Gasteiger partial charge in [0.1, 0.15) is 5.75 Å². The van der Waals surface area contributed by atoms with Gasteiger partial charge in [0, 0.05) is 17.0 Å². The van der Waals surface area contributed by atoms with Crippen LogP contribution in [0.5, 0.6) is 5.75 Å². The molecule has 0 aromatic heterocycles. The van der Waals surface area contributed by atoms with Gasteiger partial charge in [-0.2, -0.15) is 0 Å². The molecule has 0 heterocycles. The van der Waals surface area contributed by atoms with E-state index in [0.717, 1.165) is 12.2 Å². The largest absolute Gasteiger partial charge is 0.496 e. The Balaban J connectivity index is 1.63. The van der Waals surface area contributed by atoms with Gasteiger partial charge in [-0.05, 0) is 87.2 Å². The molecule has 0 saturated heterocycles. The van der Waals surface area contributed by atoms with Crippen LogP contribution in [0.3, 0.4) is 0 Å². The molecular formula is C43H49OSi. The van der Waals surface area contributed by atoms with Gasteiger partial charge in [-0.25, -0.2) is 0 Å². The Bertz CT molecular complexity index is 1840. The Morgan fingerprint density at radius 1 is 0.733 bits per heavy atom. The Morgan fingerprint density at radius 3 is 1.96 bits per heavy atom. The first kappa shape index (κ1) is 31.4. The van der Waals surface area contributed by atoms with Crippen molar-refractivity contribution in [3.05, 3.63) is 117 Å². The molecule has 4 aromatic rings. The molecule has 0 spiro atoms. The highest BCUT2D eigenvalue weighted by Crippen LogP contribution is 2.56. The Labute approximate surface area is 273 Å². The molecule has 0 N–H and O–H groups in total. The van der Waals surface area contributed by atoms with E-state index in [9.17, 15) is 0 Å². The van der Waals surface area contributed by atoms with Crippen LogP contribution in [0.1, 0.15) is 94.7 Å². The summed E-state index contributed by atoms with van der Waals surface area (Å²) in [4.78, 5) is 0. The summed E-state index contributed by atoms with van der Waals surface area (Å²) in [5.41, 5.74) is 18.1. The van der Waals surface area contributed by atoms with Crippen molar-refractivity contribution < 1.29 is 4.74 Å². The number of benzene rings is 4. The quantitative estimate of drug-likeness (QED) is 0.205. The zero-order chi connectivity index (χ0) is 32.4. The molecule has 1 unspecified atom stereocenters. The minimum Gasteiger partial charge on any atom is -0.496 e. The Morgan fingerprint density at radius 2 is 1.38 bits per heavy atom. The fourth-order valence-corrected chi connectivity index (χ4v) is 8.82. The summed E-state index contributed by atoms with van der Waals surface area (Å²) in [6.07, 6.45) is 3.46. The van der Waals surface area contributed by atoms with Crippen LogP contribution in [0, 0.1) is 0 Å². The summed E-state index contributed by atoms with van der Waals surface area (Å²) in [6, 6.07) is 27.7. The van der Waals surface area contributed by atoms with Crippen molar-refractivity contribution in [2.24, 2.45) is 0 Å². The summed E-state index contributed by atoms with van der Waals surface area (Å²) >= 11 is 0. The molecule has 1 radical (unpaired) electrons. The zero-order valence-electron chi connectivity index (χ0n) is 29.2. The lowest BCUT2D eigenvalue weighted by Gasteiger charge is -2.29. The number of hydrogen-bond donors (Lipinski definition) is 0. The molecule has 2 aliphatic rings. The summed E-state index contributed by atoms with van der Waals surface area (Å²) in [7, 11) is 1.12. The lowest BCUT2D eigenvalue weighted by atomic mass is 9.77. The highest BCUT2D eigenvalue weighted by atomic mass is 28.3. The van der Waals surface area contributed by atoms with E-state index in [1.807, 2.05) is 7.11 Å². The lowest BCUT2D eigenvalue weighted by molar-refractivity contribution is 0.399. The first-order valence-corrected chi connectivity index (χ1v) is 19.0. The van der Waals surface area contributed by atoms with Crippen molar-refractivity contribution in [2.75, 3.05) is 7.11 Å². The summed E-state index contributed by atoms with van der Waals surface area (Å²) in [5.74, 6) is 1.21. The maximum Gasteiger partial charge on any atom is 0.131 e. The van der Waals surface area contributed by atoms with Gasteiger partial charge >= 0.3 is 0 Å². The predicted octanol–water partition coefficient (Wildman–Crippen LogP) is 11.1. The number of fused-ring (bicyclic) bond motifs is 2. The lowest BCUT2D eigenvalue weighted by Crippen LogP contribution is -2.26. The second kappa shape index (κ2) is 11.3. The Hall–Kier alpha value is -3.62. The van der Waals surface area contributed by atoms with Crippen molar-refractivity contribution in [3.8, 4) is 28.0 Å². The number of allylic oxidation sites excluding steroid dienone is 3. The molecule has 6 rings (SSSR count). The van der Waals surface area contributed by atoms with Crippen LogP contribution >= 0.6 is 0 Å². The topological polar surface area (TPSA) is 9.23 Å². The average Bonchev–Trinajstić information content (AvgIpc) is 3.49. The molecular weight excluding hydrogens is 561 g/mol. The van der Waals surface area contributed by atoms with Crippen LogP contribution in [0.25, 0.3) is 33.9 Å². The zero-order valence-corrected chi connectivity index (χ0v) is 30.2. The highest BCUT2D eigenvalue weighted by Gasteiger charge is 2.38. The third-order valence-corrected chi connectivity index (χ3v) is 11.4. The van der Waals surface area contributed by atoms with E-state index in [2.05, 4.69) is 147 Å². The molecule has 1 nitrogen and oxygen atoms in total. The fraction of sp³-hybridized carbons (Fsp3) is 0.349. The van der Waals surface area contributed by atoms with Gasteiger partial charge in [0.25, 0.3) is 0 Å². The minimum absolute atomic E-state index is 0.0726.